The van der Waals surface area contributed by atoms with Crippen LogP contribution in [0, 0.1) is 0 Å². The van der Waals surface area contributed by atoms with E-state index in [2.05, 4.69) is 63.7 Å². The minimum atomic E-state index is 0.751. The third-order valence-electron chi connectivity index (χ3n) is 4.82. The summed E-state index contributed by atoms with van der Waals surface area (Å²) in [5, 5.41) is 0. The van der Waals surface area contributed by atoms with Crippen molar-refractivity contribution in [2.45, 2.75) is 0 Å². The lowest BCUT2D eigenvalue weighted by molar-refractivity contribution is 0.358. The van der Waals surface area contributed by atoms with E-state index < -0.39 is 0 Å². The third kappa shape index (κ3) is 4.81. The smallest absolute Gasteiger partial charge is 0.134 e. The lowest BCUT2D eigenvalue weighted by Crippen LogP contribution is -2.50. The van der Waals surface area contributed by atoms with E-state index in [0.29, 0.717) is 0 Å². The third-order valence-corrected chi connectivity index (χ3v) is 4.82. The van der Waals surface area contributed by atoms with Crippen molar-refractivity contribution in [2.24, 2.45) is 0 Å². The lowest BCUT2D eigenvalue weighted by Gasteiger charge is -2.38. The molecule has 0 saturated heterocycles. The Morgan fingerprint density at radius 3 is 0.808 bits per heavy atom. The Balaban J connectivity index is 3.39. The van der Waals surface area contributed by atoms with Crippen molar-refractivity contribution in [2.75, 3.05) is 39.3 Å². The first-order valence-electron chi connectivity index (χ1n) is 9.06. The lowest BCUT2D eigenvalue weighted by atomic mass is 10.1. The molecule has 0 aromatic heterocycles. The largest absolute Gasteiger partial charge is 0.281 e. The zero-order valence-electron chi connectivity index (χ0n) is 16.2. The molecule has 1 aromatic carbocycles. The highest BCUT2D eigenvalue weighted by atomic mass is 15.4. The molecule has 0 spiro atoms. The van der Waals surface area contributed by atoms with E-state index >= 15 is 0 Å². The van der Waals surface area contributed by atoms with Gasteiger partial charge in [-0.2, -0.15) is 0 Å². The van der Waals surface area contributed by atoms with Gasteiger partial charge in [0.1, 0.15) is 50.6 Å². The van der Waals surface area contributed by atoms with Crippen LogP contribution in [0.5, 0.6) is 0 Å². The maximum Gasteiger partial charge on any atom is 0.134 e. The van der Waals surface area contributed by atoms with Crippen LogP contribution in [0.3, 0.4) is 0 Å². The number of rotatable bonds is 14. The average Bonchev–Trinajstić information content (AvgIpc) is 2.63. The Morgan fingerprint density at radius 2 is 0.654 bits per heavy atom. The second-order valence-corrected chi connectivity index (χ2v) is 6.63. The molecule has 0 atom stereocenters. The Hall–Kier alpha value is -2.42. The Kier molecular flexibility index (Phi) is 8.77. The molecule has 0 bridgehead atoms. The van der Waals surface area contributed by atoms with E-state index in [-0.39, 0.29) is 0 Å². The zero-order chi connectivity index (χ0) is 19.5. The predicted molar refractivity (Wildman–Crippen MR) is 120 cm³/mol. The van der Waals surface area contributed by atoms with Crippen molar-refractivity contribution >= 4 is 11.4 Å². The molecule has 1 rings (SSSR count). The van der Waals surface area contributed by atoms with Gasteiger partial charge >= 0.3 is 0 Å². The van der Waals surface area contributed by atoms with Gasteiger partial charge in [0.25, 0.3) is 0 Å². The van der Waals surface area contributed by atoms with Gasteiger partial charge < -0.3 is 0 Å². The molecule has 0 aliphatic carbocycles. The van der Waals surface area contributed by atoms with Gasteiger partial charge in [0.05, 0.1) is 0 Å². The highest BCUT2D eigenvalue weighted by molar-refractivity contribution is 5.54. The van der Waals surface area contributed by atoms with Crippen LogP contribution in [0.15, 0.2) is 100 Å². The van der Waals surface area contributed by atoms with E-state index in [0.717, 1.165) is 48.2 Å². The maximum absolute atomic E-state index is 3.94. The number of hydrogen-bond donors (Lipinski definition) is 0. The Labute approximate surface area is 160 Å². The number of nitrogens with zero attached hydrogens (tertiary/aromatic N) is 2. The van der Waals surface area contributed by atoms with Gasteiger partial charge in [-0.25, -0.2) is 0 Å². The standard InChI is InChI=1S/C24H34N2/c1-7-17-25(18-8-2,19-9-3)23-13-15-24(16-14-23)26(20-10-4,21-11-5)22-12-6/h7-16H,1-6,17-22H2/q+2. The SMILES string of the molecule is C=CC[N+](CC=C)(CC=C)c1ccc([N+](CC=C)(CC=C)CC=C)cc1. The van der Waals surface area contributed by atoms with Crippen LogP contribution in [0.4, 0.5) is 11.4 Å². The number of benzene rings is 1. The minimum absolute atomic E-state index is 0.751. The van der Waals surface area contributed by atoms with Gasteiger partial charge in [0.2, 0.25) is 0 Å². The molecule has 0 radical (unpaired) electrons. The van der Waals surface area contributed by atoms with Crippen molar-refractivity contribution in [3.05, 3.63) is 100 Å². The number of quaternary nitrogens is 2. The van der Waals surface area contributed by atoms with Crippen LogP contribution in [0.1, 0.15) is 0 Å². The highest BCUT2D eigenvalue weighted by Gasteiger charge is 2.30. The van der Waals surface area contributed by atoms with E-state index in [1.54, 1.807) is 0 Å². The van der Waals surface area contributed by atoms with Crippen LogP contribution in [-0.2, 0) is 0 Å². The molecule has 0 aliphatic rings. The first kappa shape index (κ1) is 21.6. The molecular weight excluding hydrogens is 316 g/mol. The quantitative estimate of drug-likeness (QED) is 0.310. The molecule has 0 saturated carbocycles. The second-order valence-electron chi connectivity index (χ2n) is 6.63. The summed E-state index contributed by atoms with van der Waals surface area (Å²) >= 11 is 0. The first-order valence-corrected chi connectivity index (χ1v) is 9.06. The van der Waals surface area contributed by atoms with Crippen molar-refractivity contribution in [1.82, 2.24) is 8.97 Å². The van der Waals surface area contributed by atoms with Crippen molar-refractivity contribution in [1.29, 1.82) is 0 Å². The van der Waals surface area contributed by atoms with Crippen LogP contribution in [-0.4, -0.2) is 39.3 Å². The molecule has 0 unspecified atom stereocenters. The fraction of sp³-hybridized carbons (Fsp3) is 0.250. The Morgan fingerprint density at radius 1 is 0.462 bits per heavy atom. The highest BCUT2D eigenvalue weighted by Crippen LogP contribution is 2.30. The molecule has 138 valence electrons. The molecule has 1 aromatic rings. The molecule has 0 fully saturated rings. The second kappa shape index (κ2) is 10.5. The monoisotopic (exact) mass is 350 g/mol. The van der Waals surface area contributed by atoms with Gasteiger partial charge in [0, 0.05) is 24.3 Å². The van der Waals surface area contributed by atoms with Crippen molar-refractivity contribution < 1.29 is 0 Å². The summed E-state index contributed by atoms with van der Waals surface area (Å²) in [6, 6.07) is 8.87. The molecule has 0 aliphatic heterocycles. The van der Waals surface area contributed by atoms with Gasteiger partial charge in [-0.15, -0.1) is 0 Å². The normalized spacial score (nSPS) is 11.4. The van der Waals surface area contributed by atoms with Crippen LogP contribution in [0.25, 0.3) is 0 Å². The van der Waals surface area contributed by atoms with Crippen LogP contribution < -0.4 is 8.97 Å². The molecule has 0 heterocycles. The summed E-state index contributed by atoms with van der Waals surface area (Å²) in [6.07, 6.45) is 11.8. The molecule has 2 heteroatoms. The zero-order valence-corrected chi connectivity index (χ0v) is 16.2. The van der Waals surface area contributed by atoms with Gasteiger partial charge in [-0.05, 0) is 36.5 Å². The first-order chi connectivity index (χ1) is 12.6. The topological polar surface area (TPSA) is 0 Å². The summed E-state index contributed by atoms with van der Waals surface area (Å²) in [7, 11) is 0. The summed E-state index contributed by atoms with van der Waals surface area (Å²) < 4.78 is 1.50. The molecule has 2 nitrogen and oxygen atoms in total. The number of hydrogen-bond acceptors (Lipinski definition) is 0. The average molecular weight is 351 g/mol. The van der Waals surface area contributed by atoms with E-state index in [9.17, 15) is 0 Å². The molecule has 0 N–H and O–H groups in total. The molecule has 0 amide bonds. The predicted octanol–water partition coefficient (Wildman–Crippen LogP) is 5.42. The van der Waals surface area contributed by atoms with Crippen molar-refractivity contribution in [3.8, 4) is 0 Å². The van der Waals surface area contributed by atoms with Gasteiger partial charge in [0.15, 0.2) is 0 Å². The Bertz CT molecular complexity index is 527. The van der Waals surface area contributed by atoms with E-state index in [4.69, 9.17) is 0 Å². The summed E-state index contributed by atoms with van der Waals surface area (Å²) in [6.45, 7) is 28.7. The van der Waals surface area contributed by atoms with Crippen molar-refractivity contribution in [3.63, 3.8) is 0 Å². The van der Waals surface area contributed by atoms with Gasteiger partial charge in [-0.3, -0.25) is 8.97 Å². The summed E-state index contributed by atoms with van der Waals surface area (Å²) in [5.74, 6) is 0. The van der Waals surface area contributed by atoms with Crippen LogP contribution >= 0.6 is 0 Å². The fourth-order valence-electron chi connectivity index (χ4n) is 3.65. The molecule has 26 heavy (non-hydrogen) atoms. The minimum Gasteiger partial charge on any atom is -0.281 e. The maximum atomic E-state index is 3.94. The summed E-state index contributed by atoms with van der Waals surface area (Å²) in [4.78, 5) is 0. The van der Waals surface area contributed by atoms with E-state index in [1.165, 1.54) is 11.4 Å². The van der Waals surface area contributed by atoms with Gasteiger partial charge in [-0.1, -0.05) is 39.5 Å². The van der Waals surface area contributed by atoms with Crippen LogP contribution in [0.2, 0.25) is 0 Å². The fourth-order valence-corrected chi connectivity index (χ4v) is 3.65. The summed E-state index contributed by atoms with van der Waals surface area (Å²) in [5.41, 5.74) is 2.48. The van der Waals surface area contributed by atoms with E-state index in [1.807, 2.05) is 36.5 Å². The molecular formula is C24H34N2+2.